The summed E-state index contributed by atoms with van der Waals surface area (Å²) in [7, 11) is 1.90. The smallest absolute Gasteiger partial charge is 0.119 e. The summed E-state index contributed by atoms with van der Waals surface area (Å²) in [5, 5.41) is 4.27. The second-order valence-electron chi connectivity index (χ2n) is 4.20. The minimum absolute atomic E-state index is 0.0192. The van der Waals surface area contributed by atoms with Gasteiger partial charge in [0.05, 0.1) is 11.4 Å². The van der Waals surface area contributed by atoms with Crippen LogP contribution in [0, 0.1) is 6.92 Å². The Morgan fingerprint density at radius 3 is 2.71 bits per heavy atom. The molecule has 17 heavy (non-hydrogen) atoms. The van der Waals surface area contributed by atoms with Crippen LogP contribution in [0.4, 0.5) is 0 Å². The van der Waals surface area contributed by atoms with Gasteiger partial charge >= 0.3 is 0 Å². The van der Waals surface area contributed by atoms with Crippen molar-refractivity contribution in [1.82, 2.24) is 9.78 Å². The van der Waals surface area contributed by atoms with Gasteiger partial charge in [-0.25, -0.2) is 0 Å². The average molecular weight is 251 g/mol. The number of nitrogens with zero attached hydrogens (tertiary/aromatic N) is 2. The standard InChI is InChI=1S/C12H17N3OS/c1-8-4-5-11(16-8)12(9(2)13)17-10-6-14-15(3)7-10/h4-7,9,12H,13H2,1-3H3. The molecule has 0 bridgehead atoms. The molecule has 2 rings (SSSR count). The van der Waals surface area contributed by atoms with Crippen LogP contribution in [0.2, 0.25) is 0 Å². The lowest BCUT2D eigenvalue weighted by molar-refractivity contribution is 0.465. The average Bonchev–Trinajstić information content (AvgIpc) is 2.83. The Kier molecular flexibility index (Phi) is 3.59. The Labute approximate surface area is 105 Å². The van der Waals surface area contributed by atoms with Gasteiger partial charge in [-0.05, 0) is 26.0 Å². The lowest BCUT2D eigenvalue weighted by Gasteiger charge is -2.17. The molecule has 0 aliphatic rings. The van der Waals surface area contributed by atoms with Gasteiger partial charge in [-0.2, -0.15) is 5.10 Å². The number of hydrogen-bond acceptors (Lipinski definition) is 4. The first kappa shape index (κ1) is 12.3. The predicted molar refractivity (Wildman–Crippen MR) is 68.9 cm³/mol. The van der Waals surface area contributed by atoms with Crippen LogP contribution in [0.1, 0.15) is 23.7 Å². The molecule has 4 nitrogen and oxygen atoms in total. The van der Waals surface area contributed by atoms with Crippen LogP contribution in [0.15, 0.2) is 33.8 Å². The van der Waals surface area contributed by atoms with E-state index in [4.69, 9.17) is 10.2 Å². The van der Waals surface area contributed by atoms with Crippen LogP contribution in [0.25, 0.3) is 0 Å². The van der Waals surface area contributed by atoms with Crippen molar-refractivity contribution in [2.45, 2.75) is 30.0 Å². The molecular weight excluding hydrogens is 234 g/mol. The van der Waals surface area contributed by atoms with E-state index in [2.05, 4.69) is 5.10 Å². The normalized spacial score (nSPS) is 14.8. The lowest BCUT2D eigenvalue weighted by Crippen LogP contribution is -2.22. The summed E-state index contributed by atoms with van der Waals surface area (Å²) in [5.41, 5.74) is 6.02. The molecule has 0 radical (unpaired) electrons. The Bertz CT molecular complexity index is 489. The van der Waals surface area contributed by atoms with Crippen LogP contribution in [0.3, 0.4) is 0 Å². The summed E-state index contributed by atoms with van der Waals surface area (Å²) in [6.45, 7) is 3.93. The van der Waals surface area contributed by atoms with E-state index in [0.717, 1.165) is 16.4 Å². The van der Waals surface area contributed by atoms with E-state index in [0.29, 0.717) is 0 Å². The van der Waals surface area contributed by atoms with Gasteiger partial charge in [0.25, 0.3) is 0 Å². The van der Waals surface area contributed by atoms with E-state index in [9.17, 15) is 0 Å². The number of aromatic nitrogens is 2. The SMILES string of the molecule is Cc1ccc(C(Sc2cnn(C)c2)C(C)N)o1. The van der Waals surface area contributed by atoms with E-state index in [1.165, 1.54) is 0 Å². The van der Waals surface area contributed by atoms with Crippen LogP contribution < -0.4 is 5.73 Å². The number of nitrogens with two attached hydrogens (primary N) is 1. The van der Waals surface area contributed by atoms with Gasteiger partial charge < -0.3 is 10.2 Å². The van der Waals surface area contributed by atoms with Gasteiger partial charge in [-0.3, -0.25) is 4.68 Å². The van der Waals surface area contributed by atoms with Crippen molar-refractivity contribution in [3.05, 3.63) is 36.0 Å². The molecule has 0 fully saturated rings. The quantitative estimate of drug-likeness (QED) is 0.848. The van der Waals surface area contributed by atoms with Crippen LogP contribution in [-0.2, 0) is 7.05 Å². The minimum atomic E-state index is 0.0192. The van der Waals surface area contributed by atoms with Crippen molar-refractivity contribution in [2.75, 3.05) is 0 Å². The summed E-state index contributed by atoms with van der Waals surface area (Å²) in [6.07, 6.45) is 3.83. The third kappa shape index (κ3) is 2.92. The summed E-state index contributed by atoms with van der Waals surface area (Å²) < 4.78 is 7.44. The highest BCUT2D eigenvalue weighted by atomic mass is 32.2. The molecule has 2 aromatic rings. The van der Waals surface area contributed by atoms with E-state index < -0.39 is 0 Å². The Balaban J connectivity index is 2.18. The van der Waals surface area contributed by atoms with E-state index >= 15 is 0 Å². The second-order valence-corrected chi connectivity index (χ2v) is 5.41. The van der Waals surface area contributed by atoms with Gasteiger partial charge in [0.1, 0.15) is 11.5 Å². The topological polar surface area (TPSA) is 57.0 Å². The molecule has 2 heterocycles. The van der Waals surface area contributed by atoms with Crippen molar-refractivity contribution in [1.29, 1.82) is 0 Å². The molecule has 2 aromatic heterocycles. The number of rotatable bonds is 4. The summed E-state index contributed by atoms with van der Waals surface area (Å²) in [5.74, 6) is 1.84. The predicted octanol–water partition coefficient (Wildman–Crippen LogP) is 2.50. The fourth-order valence-electron chi connectivity index (χ4n) is 1.64. The highest BCUT2D eigenvalue weighted by Gasteiger charge is 2.21. The third-order valence-corrected chi connectivity index (χ3v) is 3.86. The van der Waals surface area contributed by atoms with Gasteiger partial charge in [-0.15, -0.1) is 11.8 Å². The van der Waals surface area contributed by atoms with Crippen LogP contribution in [-0.4, -0.2) is 15.8 Å². The molecule has 0 saturated carbocycles. The Morgan fingerprint density at radius 2 is 2.24 bits per heavy atom. The molecule has 2 atom stereocenters. The summed E-state index contributed by atoms with van der Waals surface area (Å²) in [4.78, 5) is 1.10. The van der Waals surface area contributed by atoms with E-state index in [1.54, 1.807) is 16.4 Å². The third-order valence-electron chi connectivity index (χ3n) is 2.46. The molecule has 0 spiro atoms. The zero-order valence-electron chi connectivity index (χ0n) is 10.3. The molecule has 5 heteroatoms. The highest BCUT2D eigenvalue weighted by Crippen LogP contribution is 2.37. The molecule has 0 saturated heterocycles. The highest BCUT2D eigenvalue weighted by molar-refractivity contribution is 7.99. The van der Waals surface area contributed by atoms with Crippen LogP contribution >= 0.6 is 11.8 Å². The number of hydrogen-bond donors (Lipinski definition) is 1. The Hall–Kier alpha value is -1.20. The van der Waals surface area contributed by atoms with Crippen molar-refractivity contribution in [2.24, 2.45) is 12.8 Å². The molecule has 0 aromatic carbocycles. The van der Waals surface area contributed by atoms with Crippen LogP contribution in [0.5, 0.6) is 0 Å². The largest absolute Gasteiger partial charge is 0.465 e. The molecule has 0 amide bonds. The van der Waals surface area contributed by atoms with Crippen molar-refractivity contribution in [3.63, 3.8) is 0 Å². The second kappa shape index (κ2) is 4.98. The van der Waals surface area contributed by atoms with E-state index in [1.807, 2.05) is 45.4 Å². The van der Waals surface area contributed by atoms with Gasteiger partial charge in [-0.1, -0.05) is 0 Å². The first-order chi connectivity index (χ1) is 8.06. The number of aryl methyl sites for hydroxylation is 2. The van der Waals surface area contributed by atoms with Gasteiger partial charge in [0.2, 0.25) is 0 Å². The first-order valence-corrected chi connectivity index (χ1v) is 6.41. The monoisotopic (exact) mass is 251 g/mol. The maximum Gasteiger partial charge on any atom is 0.119 e. The summed E-state index contributed by atoms with van der Waals surface area (Å²) >= 11 is 1.68. The number of thioether (sulfide) groups is 1. The molecule has 0 aliphatic heterocycles. The molecular formula is C12H17N3OS. The van der Waals surface area contributed by atoms with Gasteiger partial charge in [0.15, 0.2) is 0 Å². The fraction of sp³-hybridized carbons (Fsp3) is 0.417. The van der Waals surface area contributed by atoms with Crippen molar-refractivity contribution < 1.29 is 4.42 Å². The Morgan fingerprint density at radius 1 is 1.47 bits per heavy atom. The molecule has 92 valence electrons. The van der Waals surface area contributed by atoms with Crippen molar-refractivity contribution in [3.8, 4) is 0 Å². The molecule has 2 N–H and O–H groups in total. The van der Waals surface area contributed by atoms with E-state index in [-0.39, 0.29) is 11.3 Å². The fourth-order valence-corrected chi connectivity index (χ4v) is 2.71. The zero-order chi connectivity index (χ0) is 12.4. The van der Waals surface area contributed by atoms with Gasteiger partial charge in [0, 0.05) is 24.2 Å². The minimum Gasteiger partial charge on any atom is -0.465 e. The van der Waals surface area contributed by atoms with Crippen molar-refractivity contribution >= 4 is 11.8 Å². The first-order valence-electron chi connectivity index (χ1n) is 5.53. The summed E-state index contributed by atoms with van der Waals surface area (Å²) in [6, 6.07) is 3.98. The number of furan rings is 1. The maximum atomic E-state index is 6.02. The zero-order valence-corrected chi connectivity index (χ0v) is 11.1. The maximum absolute atomic E-state index is 6.02. The molecule has 2 unspecified atom stereocenters. The molecule has 0 aliphatic carbocycles. The lowest BCUT2D eigenvalue weighted by atomic mass is 10.2.